The molecule has 8 heteroatoms. The summed E-state index contributed by atoms with van der Waals surface area (Å²) in [4.78, 5) is 2.85. The third kappa shape index (κ3) is 3.57. The first-order valence-electron chi connectivity index (χ1n) is 7.47. The van der Waals surface area contributed by atoms with E-state index in [1.807, 2.05) is 13.0 Å². The molecule has 5 nitrogen and oxygen atoms in total. The molecule has 0 saturated carbocycles. The Morgan fingerprint density at radius 1 is 1.19 bits per heavy atom. The van der Waals surface area contributed by atoms with Crippen molar-refractivity contribution in [2.75, 3.05) is 4.72 Å². The smallest absolute Gasteiger partial charge is 0.263 e. The van der Waals surface area contributed by atoms with Crippen molar-refractivity contribution in [2.24, 2.45) is 0 Å². The number of hydrogen-bond donors (Lipinski definition) is 2. The molecule has 0 unspecified atom stereocenters. The van der Waals surface area contributed by atoms with Gasteiger partial charge in [0.1, 0.15) is 10.7 Å². The molecule has 2 aromatic carbocycles. The van der Waals surface area contributed by atoms with Gasteiger partial charge in [0, 0.05) is 22.5 Å². The number of anilines is 1. The Morgan fingerprint density at radius 3 is 2.65 bits per heavy atom. The number of nitrogens with zero attached hydrogens (tertiary/aromatic N) is 1. The van der Waals surface area contributed by atoms with Crippen molar-refractivity contribution in [3.63, 3.8) is 0 Å². The molecule has 26 heavy (non-hydrogen) atoms. The van der Waals surface area contributed by atoms with Crippen LogP contribution in [0, 0.1) is 24.1 Å². The zero-order valence-electron chi connectivity index (χ0n) is 13.5. The second-order valence-corrected chi connectivity index (χ2v) is 7.74. The topological polar surface area (TPSA) is 85.8 Å². The average molecular weight is 390 g/mol. The molecule has 0 bridgehead atoms. The average Bonchev–Trinajstić information content (AvgIpc) is 3.09. The number of nitriles is 1. The molecule has 0 aliphatic rings. The molecule has 0 aliphatic heterocycles. The highest BCUT2D eigenvalue weighted by Crippen LogP contribution is 2.28. The summed E-state index contributed by atoms with van der Waals surface area (Å²) in [5, 5.41) is 9.28. The third-order valence-electron chi connectivity index (χ3n) is 3.80. The standard InChI is InChI=1S/C18H13ClFN3O2S/c1-11-2-4-13(19)7-15(11)18-8-14(10-22-18)26(24,25)23-17-5-3-12(9-21)6-16(17)20/h2-8,10,22-23H,1H3. The van der Waals surface area contributed by atoms with Crippen LogP contribution in [0.3, 0.4) is 0 Å². The lowest BCUT2D eigenvalue weighted by Gasteiger charge is -2.07. The lowest BCUT2D eigenvalue weighted by molar-refractivity contribution is 0.598. The van der Waals surface area contributed by atoms with Gasteiger partial charge in [-0.2, -0.15) is 5.26 Å². The van der Waals surface area contributed by atoms with Crippen LogP contribution in [-0.4, -0.2) is 13.4 Å². The Bertz CT molecular complexity index is 1130. The van der Waals surface area contributed by atoms with Crippen LogP contribution in [0.15, 0.2) is 53.6 Å². The number of rotatable bonds is 4. The van der Waals surface area contributed by atoms with Gasteiger partial charge >= 0.3 is 0 Å². The van der Waals surface area contributed by atoms with E-state index in [-0.39, 0.29) is 16.1 Å². The van der Waals surface area contributed by atoms with Crippen LogP contribution in [-0.2, 0) is 10.0 Å². The van der Waals surface area contributed by atoms with E-state index < -0.39 is 15.8 Å². The lowest BCUT2D eigenvalue weighted by atomic mass is 10.1. The quantitative estimate of drug-likeness (QED) is 0.690. The largest absolute Gasteiger partial charge is 0.360 e. The van der Waals surface area contributed by atoms with Gasteiger partial charge in [-0.15, -0.1) is 0 Å². The van der Waals surface area contributed by atoms with Gasteiger partial charge in [-0.3, -0.25) is 4.72 Å². The molecule has 0 spiro atoms. The summed E-state index contributed by atoms with van der Waals surface area (Å²) in [6.45, 7) is 1.88. The maximum Gasteiger partial charge on any atom is 0.263 e. The Balaban J connectivity index is 1.93. The van der Waals surface area contributed by atoms with Crippen molar-refractivity contribution in [1.82, 2.24) is 4.98 Å². The third-order valence-corrected chi connectivity index (χ3v) is 5.38. The van der Waals surface area contributed by atoms with Crippen molar-refractivity contribution in [3.05, 3.63) is 70.6 Å². The number of hydrogen-bond acceptors (Lipinski definition) is 3. The summed E-state index contributed by atoms with van der Waals surface area (Å²) in [6, 6.07) is 12.0. The molecule has 132 valence electrons. The molecule has 0 radical (unpaired) electrons. The number of aromatic nitrogens is 1. The van der Waals surface area contributed by atoms with Crippen LogP contribution >= 0.6 is 11.6 Å². The van der Waals surface area contributed by atoms with Gasteiger partial charge in [-0.25, -0.2) is 12.8 Å². The molecule has 0 aliphatic carbocycles. The number of halogens is 2. The highest BCUT2D eigenvalue weighted by molar-refractivity contribution is 7.92. The molecule has 3 rings (SSSR count). The van der Waals surface area contributed by atoms with Gasteiger partial charge in [-0.05, 0) is 48.9 Å². The van der Waals surface area contributed by atoms with Crippen LogP contribution in [0.5, 0.6) is 0 Å². The summed E-state index contributed by atoms with van der Waals surface area (Å²) in [7, 11) is -4.00. The van der Waals surface area contributed by atoms with Crippen molar-refractivity contribution in [2.45, 2.75) is 11.8 Å². The van der Waals surface area contributed by atoms with Gasteiger partial charge in [0.2, 0.25) is 0 Å². The number of aromatic amines is 1. The van der Waals surface area contributed by atoms with E-state index in [0.29, 0.717) is 10.7 Å². The van der Waals surface area contributed by atoms with Crippen molar-refractivity contribution >= 4 is 27.3 Å². The van der Waals surface area contributed by atoms with E-state index in [1.165, 1.54) is 24.4 Å². The minimum Gasteiger partial charge on any atom is -0.360 e. The molecule has 0 amide bonds. The Labute approximate surface area is 155 Å². The maximum absolute atomic E-state index is 14.0. The first-order chi connectivity index (χ1) is 12.3. The van der Waals surface area contributed by atoms with Crippen LogP contribution in [0.2, 0.25) is 5.02 Å². The number of aryl methyl sites for hydroxylation is 1. The van der Waals surface area contributed by atoms with Crippen molar-refractivity contribution < 1.29 is 12.8 Å². The summed E-state index contributed by atoms with van der Waals surface area (Å²) in [6.07, 6.45) is 1.32. The molecule has 0 saturated heterocycles. The van der Waals surface area contributed by atoms with Crippen molar-refractivity contribution in [3.8, 4) is 17.3 Å². The summed E-state index contributed by atoms with van der Waals surface area (Å²) in [5.41, 5.74) is 2.14. The van der Waals surface area contributed by atoms with E-state index in [4.69, 9.17) is 16.9 Å². The second kappa shape index (κ2) is 6.83. The summed E-state index contributed by atoms with van der Waals surface area (Å²) < 4.78 is 41.2. The maximum atomic E-state index is 14.0. The molecular weight excluding hydrogens is 377 g/mol. The number of nitrogens with one attached hydrogen (secondary N) is 2. The minimum absolute atomic E-state index is 0.0457. The predicted octanol–water partition coefficient (Wildman–Crippen LogP) is 4.46. The zero-order valence-corrected chi connectivity index (χ0v) is 15.1. The number of sulfonamides is 1. The van der Waals surface area contributed by atoms with E-state index in [2.05, 4.69) is 9.71 Å². The molecule has 3 aromatic rings. The number of H-pyrrole nitrogens is 1. The molecular formula is C18H13ClFN3O2S. The Morgan fingerprint density at radius 2 is 1.96 bits per heavy atom. The SMILES string of the molecule is Cc1ccc(Cl)cc1-c1cc(S(=O)(=O)Nc2ccc(C#N)cc2F)c[nH]1. The van der Waals surface area contributed by atoms with Gasteiger partial charge in [0.25, 0.3) is 10.0 Å². The molecule has 2 N–H and O–H groups in total. The van der Waals surface area contributed by atoms with E-state index in [1.54, 1.807) is 18.2 Å². The van der Waals surface area contributed by atoms with Crippen LogP contribution in [0.1, 0.15) is 11.1 Å². The fraction of sp³-hybridized carbons (Fsp3) is 0.0556. The zero-order chi connectivity index (χ0) is 18.9. The Kier molecular flexibility index (Phi) is 4.72. The van der Waals surface area contributed by atoms with E-state index in [0.717, 1.165) is 17.2 Å². The van der Waals surface area contributed by atoms with Crippen LogP contribution < -0.4 is 4.72 Å². The molecule has 1 heterocycles. The highest BCUT2D eigenvalue weighted by atomic mass is 35.5. The molecule has 0 atom stereocenters. The summed E-state index contributed by atoms with van der Waals surface area (Å²) in [5.74, 6) is -0.825. The van der Waals surface area contributed by atoms with Gasteiger partial charge in [0.15, 0.2) is 0 Å². The van der Waals surface area contributed by atoms with Gasteiger partial charge in [-0.1, -0.05) is 17.7 Å². The van der Waals surface area contributed by atoms with Crippen molar-refractivity contribution in [1.29, 1.82) is 5.26 Å². The second-order valence-electron chi connectivity index (χ2n) is 5.62. The first kappa shape index (κ1) is 18.0. The molecule has 0 fully saturated rings. The Hall–Kier alpha value is -2.82. The lowest BCUT2D eigenvalue weighted by Crippen LogP contribution is -2.13. The first-order valence-corrected chi connectivity index (χ1v) is 9.34. The predicted molar refractivity (Wildman–Crippen MR) is 97.9 cm³/mol. The van der Waals surface area contributed by atoms with Crippen LogP contribution in [0.25, 0.3) is 11.3 Å². The minimum atomic E-state index is -4.00. The van der Waals surface area contributed by atoms with Crippen LogP contribution in [0.4, 0.5) is 10.1 Å². The normalized spacial score (nSPS) is 11.2. The number of benzene rings is 2. The fourth-order valence-corrected chi connectivity index (χ4v) is 3.67. The fourth-order valence-electron chi connectivity index (χ4n) is 2.44. The monoisotopic (exact) mass is 389 g/mol. The van der Waals surface area contributed by atoms with Gasteiger partial charge < -0.3 is 4.98 Å². The highest BCUT2D eigenvalue weighted by Gasteiger charge is 2.19. The summed E-state index contributed by atoms with van der Waals surface area (Å²) >= 11 is 6.00. The molecule has 1 aromatic heterocycles. The van der Waals surface area contributed by atoms with Gasteiger partial charge in [0.05, 0.1) is 17.3 Å². The van der Waals surface area contributed by atoms with E-state index in [9.17, 15) is 12.8 Å². The van der Waals surface area contributed by atoms with E-state index >= 15 is 0 Å².